The summed E-state index contributed by atoms with van der Waals surface area (Å²) in [4.78, 5) is 29.1. The molecule has 1 aliphatic heterocycles. The van der Waals surface area contributed by atoms with E-state index in [1.54, 1.807) is 6.92 Å². The van der Waals surface area contributed by atoms with Crippen LogP contribution in [0.2, 0.25) is 0 Å². The van der Waals surface area contributed by atoms with Gasteiger partial charge in [0.25, 0.3) is 5.91 Å². The van der Waals surface area contributed by atoms with Crippen LogP contribution in [0.1, 0.15) is 48.7 Å². The largest absolute Gasteiger partial charge is 0.485 e. The Balaban J connectivity index is 1.44. The number of nitrogens with zero attached hydrogens (tertiary/aromatic N) is 2. The van der Waals surface area contributed by atoms with E-state index in [0.29, 0.717) is 24.4 Å². The molecule has 166 valence electrons. The highest BCUT2D eigenvalue weighted by Gasteiger charge is 2.43. The Labute approximate surface area is 187 Å². The highest BCUT2D eigenvalue weighted by Crippen LogP contribution is 2.39. The Morgan fingerprint density at radius 3 is 2.53 bits per heavy atom. The SMILES string of the molecule is CC(=O)N(C)C1CCC2(CC1)CN(C(=O)c1cc3ccccc3o1)Cc1ccccc1O2. The number of ether oxygens (including phenoxy) is 1. The van der Waals surface area contributed by atoms with Gasteiger partial charge in [0.15, 0.2) is 5.76 Å². The molecule has 6 heteroatoms. The maximum atomic E-state index is 13.5. The smallest absolute Gasteiger partial charge is 0.290 e. The van der Waals surface area contributed by atoms with E-state index < -0.39 is 5.60 Å². The molecule has 1 spiro atoms. The number of para-hydroxylation sites is 2. The molecule has 0 radical (unpaired) electrons. The molecule has 2 amide bonds. The second-order valence-electron chi connectivity index (χ2n) is 9.06. The van der Waals surface area contributed by atoms with Crippen molar-refractivity contribution in [2.75, 3.05) is 13.6 Å². The zero-order valence-electron chi connectivity index (χ0n) is 18.5. The Morgan fingerprint density at radius 1 is 1.06 bits per heavy atom. The maximum absolute atomic E-state index is 13.5. The topological polar surface area (TPSA) is 63.0 Å². The molecule has 0 saturated heterocycles. The van der Waals surface area contributed by atoms with Gasteiger partial charge in [-0.3, -0.25) is 9.59 Å². The van der Waals surface area contributed by atoms with E-state index in [-0.39, 0.29) is 17.9 Å². The zero-order chi connectivity index (χ0) is 22.3. The van der Waals surface area contributed by atoms with Gasteiger partial charge >= 0.3 is 0 Å². The molecule has 0 atom stereocenters. The number of furan rings is 1. The minimum absolute atomic E-state index is 0.0831. The van der Waals surface area contributed by atoms with Gasteiger partial charge in [-0.05, 0) is 43.9 Å². The van der Waals surface area contributed by atoms with Crippen molar-refractivity contribution in [2.45, 2.75) is 50.8 Å². The third-order valence-corrected chi connectivity index (χ3v) is 6.97. The van der Waals surface area contributed by atoms with Crippen molar-refractivity contribution in [3.63, 3.8) is 0 Å². The fraction of sp³-hybridized carbons (Fsp3) is 0.385. The summed E-state index contributed by atoms with van der Waals surface area (Å²) in [6.45, 7) is 2.58. The van der Waals surface area contributed by atoms with Gasteiger partial charge in [-0.1, -0.05) is 36.4 Å². The van der Waals surface area contributed by atoms with Gasteiger partial charge in [-0.25, -0.2) is 0 Å². The second kappa shape index (κ2) is 8.01. The van der Waals surface area contributed by atoms with E-state index in [0.717, 1.165) is 42.4 Å². The molecule has 0 bridgehead atoms. The van der Waals surface area contributed by atoms with Crippen LogP contribution in [0, 0.1) is 0 Å². The molecule has 5 rings (SSSR count). The van der Waals surface area contributed by atoms with E-state index in [4.69, 9.17) is 9.15 Å². The molecule has 2 heterocycles. The minimum Gasteiger partial charge on any atom is -0.485 e. The number of carbonyl (C=O) groups is 2. The third-order valence-electron chi connectivity index (χ3n) is 6.97. The van der Waals surface area contributed by atoms with Crippen molar-refractivity contribution in [3.8, 4) is 5.75 Å². The quantitative estimate of drug-likeness (QED) is 0.592. The Morgan fingerprint density at radius 2 is 1.78 bits per heavy atom. The number of fused-ring (bicyclic) bond motifs is 2. The molecule has 1 saturated carbocycles. The standard InChI is InChI=1S/C26H28N2O4/c1-18(29)27(2)21-11-13-26(14-12-21)17-28(16-20-8-4-6-10-23(20)32-26)25(30)24-15-19-7-3-5-9-22(19)31-24/h3-10,15,21H,11-14,16-17H2,1-2H3. The van der Waals surface area contributed by atoms with Gasteiger partial charge in [0.05, 0.1) is 6.54 Å². The van der Waals surface area contributed by atoms with Crippen molar-refractivity contribution >= 4 is 22.8 Å². The van der Waals surface area contributed by atoms with E-state index in [1.807, 2.05) is 71.4 Å². The molecule has 2 aromatic carbocycles. The van der Waals surface area contributed by atoms with Gasteiger partial charge < -0.3 is 19.0 Å². The average molecular weight is 433 g/mol. The number of rotatable bonds is 2. The van der Waals surface area contributed by atoms with Crippen molar-refractivity contribution in [1.29, 1.82) is 0 Å². The van der Waals surface area contributed by atoms with Crippen LogP contribution in [0.3, 0.4) is 0 Å². The van der Waals surface area contributed by atoms with Crippen LogP contribution in [0.4, 0.5) is 0 Å². The molecule has 0 unspecified atom stereocenters. The molecule has 3 aromatic rings. The van der Waals surface area contributed by atoms with Crippen LogP contribution < -0.4 is 4.74 Å². The highest BCUT2D eigenvalue weighted by atomic mass is 16.5. The lowest BCUT2D eigenvalue weighted by Crippen LogP contribution is -2.52. The maximum Gasteiger partial charge on any atom is 0.290 e. The molecule has 1 fully saturated rings. The monoisotopic (exact) mass is 432 g/mol. The van der Waals surface area contributed by atoms with Gasteiger partial charge in [0.1, 0.15) is 16.9 Å². The number of carbonyl (C=O) groups excluding carboxylic acids is 2. The van der Waals surface area contributed by atoms with Crippen molar-refractivity contribution in [1.82, 2.24) is 9.80 Å². The lowest BCUT2D eigenvalue weighted by molar-refractivity contribution is -0.131. The first-order valence-electron chi connectivity index (χ1n) is 11.2. The van der Waals surface area contributed by atoms with Crippen LogP contribution in [0.15, 0.2) is 59.0 Å². The summed E-state index contributed by atoms with van der Waals surface area (Å²) in [7, 11) is 1.87. The van der Waals surface area contributed by atoms with E-state index >= 15 is 0 Å². The second-order valence-corrected chi connectivity index (χ2v) is 9.06. The zero-order valence-corrected chi connectivity index (χ0v) is 18.5. The predicted octanol–water partition coefficient (Wildman–Crippen LogP) is 4.63. The summed E-state index contributed by atoms with van der Waals surface area (Å²) in [5, 5.41) is 0.921. The van der Waals surface area contributed by atoms with Crippen LogP contribution >= 0.6 is 0 Å². The summed E-state index contributed by atoms with van der Waals surface area (Å²) >= 11 is 0. The van der Waals surface area contributed by atoms with Crippen molar-refractivity contribution < 1.29 is 18.7 Å². The molecule has 2 aliphatic rings. The Bertz CT molecular complexity index is 1130. The fourth-order valence-corrected chi connectivity index (χ4v) is 5.03. The summed E-state index contributed by atoms with van der Waals surface area (Å²) in [5.41, 5.74) is 1.24. The third kappa shape index (κ3) is 3.74. The molecule has 0 N–H and O–H groups in total. The summed E-state index contributed by atoms with van der Waals surface area (Å²) in [5.74, 6) is 1.15. The fourth-order valence-electron chi connectivity index (χ4n) is 5.03. The van der Waals surface area contributed by atoms with Crippen molar-refractivity contribution in [3.05, 3.63) is 65.9 Å². The van der Waals surface area contributed by atoms with Crippen LogP contribution in [-0.2, 0) is 11.3 Å². The van der Waals surface area contributed by atoms with Crippen molar-refractivity contribution in [2.24, 2.45) is 0 Å². The molecule has 1 aromatic heterocycles. The molecule has 6 nitrogen and oxygen atoms in total. The van der Waals surface area contributed by atoms with Crippen LogP contribution in [0.25, 0.3) is 11.0 Å². The summed E-state index contributed by atoms with van der Waals surface area (Å²) in [6.07, 6.45) is 3.27. The van der Waals surface area contributed by atoms with Gasteiger partial charge in [0, 0.05) is 37.5 Å². The highest BCUT2D eigenvalue weighted by molar-refractivity contribution is 5.96. The molecule has 32 heavy (non-hydrogen) atoms. The lowest BCUT2D eigenvalue weighted by atomic mass is 9.81. The summed E-state index contributed by atoms with van der Waals surface area (Å²) < 4.78 is 12.5. The first-order valence-corrected chi connectivity index (χ1v) is 11.2. The minimum atomic E-state index is -0.470. The molecular formula is C26H28N2O4. The van der Waals surface area contributed by atoms with Crippen LogP contribution in [-0.4, -0.2) is 46.8 Å². The van der Waals surface area contributed by atoms with E-state index in [2.05, 4.69) is 0 Å². The predicted molar refractivity (Wildman–Crippen MR) is 121 cm³/mol. The number of benzene rings is 2. The molecule has 1 aliphatic carbocycles. The number of hydrogen-bond donors (Lipinski definition) is 0. The van der Waals surface area contributed by atoms with E-state index in [1.165, 1.54) is 0 Å². The summed E-state index contributed by atoms with van der Waals surface area (Å²) in [6, 6.07) is 17.6. The van der Waals surface area contributed by atoms with Gasteiger partial charge in [-0.2, -0.15) is 0 Å². The number of hydrogen-bond acceptors (Lipinski definition) is 4. The Hall–Kier alpha value is -3.28. The average Bonchev–Trinajstić information content (AvgIpc) is 3.16. The molecular weight excluding hydrogens is 404 g/mol. The number of amides is 2. The van der Waals surface area contributed by atoms with Gasteiger partial charge in [0.2, 0.25) is 5.91 Å². The Kier molecular flexibility index (Phi) is 5.16. The normalized spacial score (nSPS) is 22.8. The lowest BCUT2D eigenvalue weighted by Gasteiger charge is -2.43. The van der Waals surface area contributed by atoms with Gasteiger partial charge in [-0.15, -0.1) is 0 Å². The van der Waals surface area contributed by atoms with E-state index in [9.17, 15) is 9.59 Å². The first kappa shape index (κ1) is 20.6. The van der Waals surface area contributed by atoms with Crippen LogP contribution in [0.5, 0.6) is 5.75 Å². The first-order chi connectivity index (χ1) is 15.4.